The number of hydrogen-bond donors (Lipinski definition) is 2. The SMILES string of the molecule is COc1cc(OC)cc(C(=O)Nc2ccc(N3CCCC3)c(C(=O)NCC(C)C)c2)c1. The second-order valence-corrected chi connectivity index (χ2v) is 8.09. The van der Waals surface area contributed by atoms with Crippen LogP contribution in [0, 0.1) is 5.92 Å². The minimum atomic E-state index is -0.306. The van der Waals surface area contributed by atoms with Crippen LogP contribution in [-0.2, 0) is 0 Å². The molecular formula is C24H31N3O4. The zero-order valence-electron chi connectivity index (χ0n) is 18.7. The van der Waals surface area contributed by atoms with Crippen molar-refractivity contribution < 1.29 is 19.1 Å². The quantitative estimate of drug-likeness (QED) is 0.670. The van der Waals surface area contributed by atoms with Crippen molar-refractivity contribution in [3.63, 3.8) is 0 Å². The van der Waals surface area contributed by atoms with Crippen molar-refractivity contribution in [2.75, 3.05) is 44.1 Å². The smallest absolute Gasteiger partial charge is 0.255 e. The van der Waals surface area contributed by atoms with E-state index in [4.69, 9.17) is 9.47 Å². The summed E-state index contributed by atoms with van der Waals surface area (Å²) >= 11 is 0. The lowest BCUT2D eigenvalue weighted by Gasteiger charge is -2.22. The summed E-state index contributed by atoms with van der Waals surface area (Å²) in [6.45, 7) is 6.57. The van der Waals surface area contributed by atoms with E-state index in [1.165, 1.54) is 14.2 Å². The fourth-order valence-electron chi connectivity index (χ4n) is 3.56. The minimum absolute atomic E-state index is 0.130. The van der Waals surface area contributed by atoms with Crippen LogP contribution in [0.15, 0.2) is 36.4 Å². The summed E-state index contributed by atoms with van der Waals surface area (Å²) in [5.74, 6) is 0.977. The van der Waals surface area contributed by atoms with Crippen molar-refractivity contribution in [3.8, 4) is 11.5 Å². The maximum atomic E-state index is 12.9. The fourth-order valence-corrected chi connectivity index (χ4v) is 3.56. The molecule has 3 rings (SSSR count). The number of rotatable bonds is 8. The van der Waals surface area contributed by atoms with E-state index < -0.39 is 0 Å². The molecule has 1 saturated heterocycles. The fraction of sp³-hybridized carbons (Fsp3) is 0.417. The summed E-state index contributed by atoms with van der Waals surface area (Å²) in [5, 5.41) is 5.88. The van der Waals surface area contributed by atoms with Gasteiger partial charge < -0.3 is 25.0 Å². The molecule has 0 aliphatic carbocycles. The molecule has 0 unspecified atom stereocenters. The van der Waals surface area contributed by atoms with Gasteiger partial charge in [-0.3, -0.25) is 9.59 Å². The third-order valence-electron chi connectivity index (χ3n) is 5.23. The molecule has 2 aromatic carbocycles. The Balaban J connectivity index is 1.86. The number of nitrogens with one attached hydrogen (secondary N) is 2. The number of nitrogens with zero attached hydrogens (tertiary/aromatic N) is 1. The third-order valence-corrected chi connectivity index (χ3v) is 5.23. The Hall–Kier alpha value is -3.22. The third kappa shape index (κ3) is 5.69. The van der Waals surface area contributed by atoms with Crippen LogP contribution in [0.5, 0.6) is 11.5 Å². The van der Waals surface area contributed by atoms with Crippen molar-refractivity contribution in [3.05, 3.63) is 47.5 Å². The van der Waals surface area contributed by atoms with Crippen LogP contribution < -0.4 is 25.0 Å². The Labute approximate surface area is 183 Å². The van der Waals surface area contributed by atoms with E-state index in [2.05, 4.69) is 29.4 Å². The van der Waals surface area contributed by atoms with Crippen LogP contribution in [0.25, 0.3) is 0 Å². The molecule has 0 spiro atoms. The number of carbonyl (C=O) groups excluding carboxylic acids is 2. The highest BCUT2D eigenvalue weighted by Crippen LogP contribution is 2.28. The second kappa shape index (κ2) is 10.2. The number of benzene rings is 2. The summed E-state index contributed by atoms with van der Waals surface area (Å²) in [6.07, 6.45) is 2.23. The van der Waals surface area contributed by atoms with Crippen molar-refractivity contribution in [2.24, 2.45) is 5.92 Å². The van der Waals surface area contributed by atoms with E-state index in [0.717, 1.165) is 31.6 Å². The average molecular weight is 426 g/mol. The first-order valence-electron chi connectivity index (χ1n) is 10.6. The highest BCUT2D eigenvalue weighted by atomic mass is 16.5. The summed E-state index contributed by atoms with van der Waals surface area (Å²) in [6, 6.07) is 10.5. The summed E-state index contributed by atoms with van der Waals surface area (Å²) in [4.78, 5) is 28.0. The van der Waals surface area contributed by atoms with Crippen LogP contribution in [-0.4, -0.2) is 45.7 Å². The zero-order chi connectivity index (χ0) is 22.4. The van der Waals surface area contributed by atoms with Crippen LogP contribution in [0.3, 0.4) is 0 Å². The van der Waals surface area contributed by atoms with E-state index in [1.54, 1.807) is 24.3 Å². The van der Waals surface area contributed by atoms with Gasteiger partial charge >= 0.3 is 0 Å². The monoisotopic (exact) mass is 425 g/mol. The Morgan fingerprint density at radius 2 is 1.61 bits per heavy atom. The maximum Gasteiger partial charge on any atom is 0.255 e. The molecule has 1 aliphatic rings. The van der Waals surface area contributed by atoms with E-state index in [-0.39, 0.29) is 11.8 Å². The van der Waals surface area contributed by atoms with E-state index in [0.29, 0.717) is 40.8 Å². The van der Waals surface area contributed by atoms with Gasteiger partial charge in [-0.1, -0.05) is 13.8 Å². The molecule has 0 saturated carbocycles. The molecule has 0 atom stereocenters. The molecule has 0 radical (unpaired) electrons. The Morgan fingerprint density at radius 1 is 0.968 bits per heavy atom. The Morgan fingerprint density at radius 3 is 2.19 bits per heavy atom. The van der Waals surface area contributed by atoms with Gasteiger partial charge in [0.1, 0.15) is 11.5 Å². The van der Waals surface area contributed by atoms with Crippen LogP contribution >= 0.6 is 0 Å². The van der Waals surface area contributed by atoms with E-state index in [1.807, 2.05) is 12.1 Å². The molecule has 1 heterocycles. The zero-order valence-corrected chi connectivity index (χ0v) is 18.7. The first kappa shape index (κ1) is 22.5. The van der Waals surface area contributed by atoms with Crippen LogP contribution in [0.4, 0.5) is 11.4 Å². The molecule has 2 aromatic rings. The first-order chi connectivity index (χ1) is 14.9. The largest absolute Gasteiger partial charge is 0.497 e. The number of hydrogen-bond acceptors (Lipinski definition) is 5. The lowest BCUT2D eigenvalue weighted by Crippen LogP contribution is -2.30. The predicted octanol–water partition coefficient (Wildman–Crippen LogP) is 3.94. The van der Waals surface area contributed by atoms with Crippen LogP contribution in [0.2, 0.25) is 0 Å². The molecule has 7 nitrogen and oxygen atoms in total. The number of amides is 2. The topological polar surface area (TPSA) is 79.9 Å². The molecule has 1 fully saturated rings. The molecule has 1 aliphatic heterocycles. The van der Waals surface area contributed by atoms with Crippen molar-refractivity contribution in [1.29, 1.82) is 0 Å². The normalized spacial score (nSPS) is 13.3. The van der Waals surface area contributed by atoms with E-state index >= 15 is 0 Å². The van der Waals surface area contributed by atoms with Crippen molar-refractivity contribution >= 4 is 23.2 Å². The summed E-state index contributed by atoms with van der Waals surface area (Å²) in [7, 11) is 3.07. The molecular weight excluding hydrogens is 394 g/mol. The minimum Gasteiger partial charge on any atom is -0.497 e. The van der Waals surface area contributed by atoms with Crippen molar-refractivity contribution in [2.45, 2.75) is 26.7 Å². The second-order valence-electron chi connectivity index (χ2n) is 8.09. The van der Waals surface area contributed by atoms with E-state index in [9.17, 15) is 9.59 Å². The summed E-state index contributed by atoms with van der Waals surface area (Å²) < 4.78 is 10.5. The van der Waals surface area contributed by atoms with Gasteiger partial charge in [-0.05, 0) is 49.1 Å². The van der Waals surface area contributed by atoms with Gasteiger partial charge in [-0.2, -0.15) is 0 Å². The molecule has 2 N–H and O–H groups in total. The molecule has 7 heteroatoms. The van der Waals surface area contributed by atoms with Gasteiger partial charge in [0, 0.05) is 42.6 Å². The number of anilines is 2. The van der Waals surface area contributed by atoms with Crippen molar-refractivity contribution in [1.82, 2.24) is 5.32 Å². The van der Waals surface area contributed by atoms with Gasteiger partial charge in [-0.25, -0.2) is 0 Å². The lowest BCUT2D eigenvalue weighted by molar-refractivity contribution is 0.0948. The maximum absolute atomic E-state index is 12.9. The van der Waals surface area contributed by atoms with Gasteiger partial charge in [0.05, 0.1) is 19.8 Å². The average Bonchev–Trinajstić information content (AvgIpc) is 3.31. The number of carbonyl (C=O) groups is 2. The van der Waals surface area contributed by atoms with Gasteiger partial charge in [0.2, 0.25) is 0 Å². The summed E-state index contributed by atoms with van der Waals surface area (Å²) in [5.41, 5.74) is 2.44. The Kier molecular flexibility index (Phi) is 7.39. The molecule has 166 valence electrons. The predicted molar refractivity (Wildman–Crippen MR) is 123 cm³/mol. The molecule has 0 aromatic heterocycles. The van der Waals surface area contributed by atoms with Gasteiger partial charge in [0.15, 0.2) is 0 Å². The first-order valence-corrected chi connectivity index (χ1v) is 10.6. The molecule has 2 amide bonds. The Bertz CT molecular complexity index is 914. The standard InChI is InChI=1S/C24H31N3O4/c1-16(2)15-25-24(29)21-13-18(7-8-22(21)27-9-5-6-10-27)26-23(28)17-11-19(30-3)14-20(12-17)31-4/h7-8,11-14,16H,5-6,9-10,15H2,1-4H3,(H,25,29)(H,26,28). The van der Waals surface area contributed by atoms with Crippen LogP contribution in [0.1, 0.15) is 47.4 Å². The highest BCUT2D eigenvalue weighted by Gasteiger charge is 2.21. The lowest BCUT2D eigenvalue weighted by atomic mass is 10.1. The van der Waals surface area contributed by atoms with Gasteiger partial charge in [-0.15, -0.1) is 0 Å². The highest BCUT2D eigenvalue weighted by molar-refractivity contribution is 6.06. The molecule has 31 heavy (non-hydrogen) atoms. The molecule has 0 bridgehead atoms. The van der Waals surface area contributed by atoms with Gasteiger partial charge in [0.25, 0.3) is 11.8 Å². The number of methoxy groups -OCH3 is 2. The number of ether oxygens (including phenoxy) is 2.